The molecule has 0 atom stereocenters. The molecule has 19 heavy (non-hydrogen) atoms. The van der Waals surface area contributed by atoms with Gasteiger partial charge in [0, 0.05) is 30.8 Å². The lowest BCUT2D eigenvalue weighted by atomic mass is 10.1. The number of carbonyl (C=O) groups excluding carboxylic acids is 1. The summed E-state index contributed by atoms with van der Waals surface area (Å²) in [5.74, 6) is -0.178. The van der Waals surface area contributed by atoms with E-state index in [4.69, 9.17) is 20.2 Å². The van der Waals surface area contributed by atoms with Crippen molar-refractivity contribution in [3.05, 3.63) is 17.7 Å². The lowest BCUT2D eigenvalue weighted by Crippen LogP contribution is -2.22. The molecule has 0 spiro atoms. The van der Waals surface area contributed by atoms with Crippen LogP contribution in [-0.4, -0.2) is 47.5 Å². The number of rotatable bonds is 4. The fourth-order valence-electron chi connectivity index (χ4n) is 1.47. The monoisotopic (exact) mass is 307 g/mol. The maximum Gasteiger partial charge on any atom is 0.265 e. The Balaban J connectivity index is 3.60. The number of nitrogens with zero attached hydrogens (tertiary/aromatic N) is 1. The van der Waals surface area contributed by atoms with E-state index in [9.17, 15) is 13.2 Å². The highest BCUT2D eigenvalue weighted by atomic mass is 35.7. The molecule has 0 unspecified atom stereocenters. The van der Waals surface area contributed by atoms with Gasteiger partial charge >= 0.3 is 0 Å². The number of hydrogen-bond donors (Lipinski definition) is 0. The Bertz CT molecular complexity index is 597. The molecule has 0 saturated heterocycles. The van der Waals surface area contributed by atoms with E-state index in [1.54, 1.807) is 14.1 Å². The summed E-state index contributed by atoms with van der Waals surface area (Å²) in [6.45, 7) is 0. The number of halogens is 1. The van der Waals surface area contributed by atoms with Crippen LogP contribution in [0.2, 0.25) is 0 Å². The summed E-state index contributed by atoms with van der Waals surface area (Å²) in [4.78, 5) is 13.0. The van der Waals surface area contributed by atoms with Gasteiger partial charge in [0.15, 0.2) is 0 Å². The zero-order valence-electron chi connectivity index (χ0n) is 10.9. The van der Waals surface area contributed by atoms with E-state index in [0.29, 0.717) is 0 Å². The van der Waals surface area contributed by atoms with Gasteiger partial charge in [-0.3, -0.25) is 4.79 Å². The van der Waals surface area contributed by atoms with Crippen molar-refractivity contribution in [3.63, 3.8) is 0 Å². The topological polar surface area (TPSA) is 72.9 Å². The fourth-order valence-corrected chi connectivity index (χ4v) is 2.47. The molecule has 1 aromatic rings. The molecule has 0 N–H and O–H groups in total. The largest absolute Gasteiger partial charge is 0.496 e. The van der Waals surface area contributed by atoms with Crippen LogP contribution in [0.4, 0.5) is 0 Å². The third-order valence-electron chi connectivity index (χ3n) is 2.39. The molecule has 0 radical (unpaired) electrons. The third-order valence-corrected chi connectivity index (χ3v) is 3.73. The molecule has 6 nitrogen and oxygen atoms in total. The lowest BCUT2D eigenvalue weighted by molar-refractivity contribution is 0.0824. The van der Waals surface area contributed by atoms with Crippen LogP contribution < -0.4 is 9.47 Å². The van der Waals surface area contributed by atoms with Gasteiger partial charge in [-0.25, -0.2) is 8.42 Å². The van der Waals surface area contributed by atoms with Gasteiger partial charge in [0.05, 0.1) is 19.8 Å². The average molecular weight is 308 g/mol. The highest BCUT2D eigenvalue weighted by Gasteiger charge is 2.24. The minimum atomic E-state index is -4.03. The van der Waals surface area contributed by atoms with E-state index in [0.717, 1.165) is 6.07 Å². The first-order chi connectivity index (χ1) is 8.72. The molecule has 0 aliphatic rings. The van der Waals surface area contributed by atoms with Crippen LogP contribution in [-0.2, 0) is 9.05 Å². The molecule has 0 fully saturated rings. The van der Waals surface area contributed by atoms with Gasteiger partial charge in [-0.2, -0.15) is 0 Å². The Morgan fingerprint density at radius 2 is 1.68 bits per heavy atom. The van der Waals surface area contributed by atoms with E-state index in [2.05, 4.69) is 0 Å². The SMILES string of the molecule is COc1cc(OC)c(S(=O)(=O)Cl)cc1C(=O)N(C)C. The van der Waals surface area contributed by atoms with E-state index in [1.807, 2.05) is 0 Å². The Morgan fingerprint density at radius 1 is 1.16 bits per heavy atom. The molecule has 1 amide bonds. The molecule has 1 aromatic carbocycles. The van der Waals surface area contributed by atoms with Gasteiger partial charge in [-0.15, -0.1) is 0 Å². The smallest absolute Gasteiger partial charge is 0.265 e. The zero-order chi connectivity index (χ0) is 14.8. The number of methoxy groups -OCH3 is 2. The first-order valence-electron chi connectivity index (χ1n) is 5.14. The van der Waals surface area contributed by atoms with Crippen LogP contribution in [0.5, 0.6) is 11.5 Å². The quantitative estimate of drug-likeness (QED) is 0.785. The molecule has 0 heterocycles. The lowest BCUT2D eigenvalue weighted by Gasteiger charge is -2.16. The minimum Gasteiger partial charge on any atom is -0.496 e. The Labute approximate surface area is 116 Å². The highest BCUT2D eigenvalue weighted by molar-refractivity contribution is 8.13. The number of ether oxygens (including phenoxy) is 2. The highest BCUT2D eigenvalue weighted by Crippen LogP contribution is 2.34. The molecule has 0 aromatic heterocycles. The van der Waals surface area contributed by atoms with Crippen LogP contribution in [0, 0.1) is 0 Å². The summed E-state index contributed by atoms with van der Waals surface area (Å²) in [5.41, 5.74) is 0.0903. The number of carbonyl (C=O) groups is 1. The summed E-state index contributed by atoms with van der Waals surface area (Å²) in [7, 11) is 7.04. The molecule has 0 aliphatic heterocycles. The van der Waals surface area contributed by atoms with Crippen molar-refractivity contribution in [2.24, 2.45) is 0 Å². The molecular formula is C11H14ClNO5S. The van der Waals surface area contributed by atoms with Crippen LogP contribution >= 0.6 is 10.7 Å². The van der Waals surface area contributed by atoms with Crippen LogP contribution in [0.15, 0.2) is 17.0 Å². The van der Waals surface area contributed by atoms with E-state index < -0.39 is 15.0 Å². The molecular weight excluding hydrogens is 294 g/mol. The number of benzene rings is 1. The van der Waals surface area contributed by atoms with E-state index >= 15 is 0 Å². The van der Waals surface area contributed by atoms with Crippen molar-refractivity contribution in [3.8, 4) is 11.5 Å². The van der Waals surface area contributed by atoms with Crippen LogP contribution in [0.25, 0.3) is 0 Å². The van der Waals surface area contributed by atoms with Gasteiger partial charge < -0.3 is 14.4 Å². The maximum atomic E-state index is 12.0. The zero-order valence-corrected chi connectivity index (χ0v) is 12.5. The minimum absolute atomic E-state index is 0.0159. The second-order valence-corrected chi connectivity index (χ2v) is 6.38. The average Bonchev–Trinajstić information content (AvgIpc) is 2.34. The fraction of sp³-hybridized carbons (Fsp3) is 0.364. The van der Waals surface area contributed by atoms with E-state index in [-0.39, 0.29) is 22.0 Å². The third kappa shape index (κ3) is 3.30. The Hall–Kier alpha value is -1.47. The summed E-state index contributed by atoms with van der Waals surface area (Å²) < 4.78 is 33.0. The second kappa shape index (κ2) is 5.66. The Morgan fingerprint density at radius 3 is 2.05 bits per heavy atom. The van der Waals surface area contributed by atoms with Gasteiger partial charge in [-0.1, -0.05) is 0 Å². The summed E-state index contributed by atoms with van der Waals surface area (Å²) in [6, 6.07) is 2.45. The molecule has 0 saturated carbocycles. The second-order valence-electron chi connectivity index (χ2n) is 3.84. The van der Waals surface area contributed by atoms with Crippen molar-refractivity contribution in [1.29, 1.82) is 0 Å². The molecule has 0 aliphatic carbocycles. The summed E-state index contributed by atoms with van der Waals surface area (Å²) in [5, 5.41) is 0. The van der Waals surface area contributed by atoms with Gasteiger partial charge in [0.25, 0.3) is 15.0 Å². The standard InChI is InChI=1S/C11H14ClNO5S/c1-13(2)11(14)7-5-10(19(12,15)16)9(18-4)6-8(7)17-3/h5-6H,1-4H3. The summed E-state index contributed by atoms with van der Waals surface area (Å²) >= 11 is 0. The normalized spacial score (nSPS) is 11.0. The van der Waals surface area contributed by atoms with Crippen molar-refractivity contribution in [2.75, 3.05) is 28.3 Å². The van der Waals surface area contributed by atoms with Crippen molar-refractivity contribution in [1.82, 2.24) is 4.90 Å². The van der Waals surface area contributed by atoms with Crippen LogP contribution in [0.1, 0.15) is 10.4 Å². The maximum absolute atomic E-state index is 12.0. The van der Waals surface area contributed by atoms with E-state index in [1.165, 1.54) is 25.2 Å². The summed E-state index contributed by atoms with van der Waals surface area (Å²) in [6.07, 6.45) is 0. The number of amides is 1. The number of hydrogen-bond acceptors (Lipinski definition) is 5. The predicted molar refractivity (Wildman–Crippen MR) is 70.6 cm³/mol. The van der Waals surface area contributed by atoms with Crippen molar-refractivity contribution < 1.29 is 22.7 Å². The van der Waals surface area contributed by atoms with Gasteiger partial charge in [0.1, 0.15) is 16.4 Å². The Kier molecular flexibility index (Phi) is 4.65. The first-order valence-corrected chi connectivity index (χ1v) is 7.45. The van der Waals surface area contributed by atoms with Crippen LogP contribution in [0.3, 0.4) is 0 Å². The molecule has 8 heteroatoms. The van der Waals surface area contributed by atoms with Crippen molar-refractivity contribution in [2.45, 2.75) is 4.90 Å². The molecule has 1 rings (SSSR count). The van der Waals surface area contributed by atoms with Gasteiger partial charge in [-0.05, 0) is 6.07 Å². The first kappa shape index (κ1) is 15.6. The van der Waals surface area contributed by atoms with Crippen molar-refractivity contribution >= 4 is 25.6 Å². The molecule has 0 bridgehead atoms. The predicted octanol–water partition coefficient (Wildman–Crippen LogP) is 1.33. The van der Waals surface area contributed by atoms with Gasteiger partial charge in [0.2, 0.25) is 0 Å². The molecule has 106 valence electrons.